The molecule has 2 rings (SSSR count). The Morgan fingerprint density at radius 3 is 2.61 bits per heavy atom. The number of nitrogens with one attached hydrogen (secondary N) is 1. The van der Waals surface area contributed by atoms with Gasteiger partial charge >= 0.3 is 11.7 Å². The lowest BCUT2D eigenvalue weighted by Crippen LogP contribution is -2.30. The van der Waals surface area contributed by atoms with E-state index >= 15 is 0 Å². The molecule has 1 amide bonds. The number of nitro groups is 1. The average Bonchev–Trinajstić information content (AvgIpc) is 2.70. The van der Waals surface area contributed by atoms with Crippen molar-refractivity contribution in [2.75, 3.05) is 25.5 Å². The van der Waals surface area contributed by atoms with Crippen LogP contribution >= 0.6 is 11.8 Å². The molecular weight excluding hydrogens is 384 g/mol. The van der Waals surface area contributed by atoms with E-state index in [0.717, 1.165) is 11.0 Å². The lowest BCUT2D eigenvalue weighted by Gasteiger charge is -2.08. The highest BCUT2D eigenvalue weighted by atomic mass is 32.2. The van der Waals surface area contributed by atoms with Gasteiger partial charge in [-0.05, 0) is 31.2 Å². The van der Waals surface area contributed by atoms with Crippen molar-refractivity contribution in [2.45, 2.75) is 11.8 Å². The van der Waals surface area contributed by atoms with Gasteiger partial charge in [0.25, 0.3) is 5.91 Å². The summed E-state index contributed by atoms with van der Waals surface area (Å²) in [5.74, 6) is -0.519. The summed E-state index contributed by atoms with van der Waals surface area (Å²) < 4.78 is 10.1. The molecule has 0 aliphatic rings. The first-order valence-corrected chi connectivity index (χ1v) is 9.52. The predicted molar refractivity (Wildman–Crippen MR) is 105 cm³/mol. The highest BCUT2D eigenvalue weighted by Gasteiger charge is 2.19. The normalized spacial score (nSPS) is 10.2. The van der Waals surface area contributed by atoms with E-state index in [2.05, 4.69) is 5.32 Å². The molecule has 0 aliphatic heterocycles. The summed E-state index contributed by atoms with van der Waals surface area (Å²) in [4.78, 5) is 35.4. The van der Waals surface area contributed by atoms with E-state index in [1.165, 1.54) is 12.1 Å². The van der Waals surface area contributed by atoms with Crippen LogP contribution in [0.25, 0.3) is 0 Å². The van der Waals surface area contributed by atoms with Gasteiger partial charge in [0.1, 0.15) is 0 Å². The predicted octanol–water partition coefficient (Wildman–Crippen LogP) is 3.06. The Morgan fingerprint density at radius 2 is 1.93 bits per heavy atom. The monoisotopic (exact) mass is 404 g/mol. The molecule has 148 valence electrons. The van der Waals surface area contributed by atoms with E-state index in [1.807, 2.05) is 30.3 Å². The summed E-state index contributed by atoms with van der Waals surface area (Å²) >= 11 is 1.60. The third kappa shape index (κ3) is 6.58. The third-order valence-electron chi connectivity index (χ3n) is 3.46. The smallest absolute Gasteiger partial charge is 0.338 e. The molecule has 0 heterocycles. The summed E-state index contributed by atoms with van der Waals surface area (Å²) in [6.45, 7) is 1.91. The van der Waals surface area contributed by atoms with Crippen LogP contribution < -0.4 is 10.1 Å². The van der Waals surface area contributed by atoms with Crippen LogP contribution in [0.5, 0.6) is 5.75 Å². The molecule has 0 saturated carbocycles. The Kier molecular flexibility index (Phi) is 8.29. The number of nitro benzene ring substituents is 1. The number of hydrogen-bond acceptors (Lipinski definition) is 7. The van der Waals surface area contributed by atoms with E-state index in [-0.39, 0.29) is 23.6 Å². The second kappa shape index (κ2) is 10.9. The lowest BCUT2D eigenvalue weighted by atomic mass is 10.2. The van der Waals surface area contributed by atoms with Gasteiger partial charge in [-0.2, -0.15) is 0 Å². The summed E-state index contributed by atoms with van der Waals surface area (Å²) in [6.07, 6.45) is 0. The van der Waals surface area contributed by atoms with Gasteiger partial charge in [-0.1, -0.05) is 18.2 Å². The van der Waals surface area contributed by atoms with Crippen molar-refractivity contribution in [1.82, 2.24) is 5.32 Å². The SMILES string of the molecule is CCOc1ccc(C(=O)OCC(=O)NCCSc2ccccc2)cc1[N+](=O)[O-]. The van der Waals surface area contributed by atoms with Gasteiger partial charge in [-0.25, -0.2) is 4.79 Å². The number of carbonyl (C=O) groups excluding carboxylic acids is 2. The zero-order chi connectivity index (χ0) is 20.4. The molecule has 0 saturated heterocycles. The molecule has 0 spiro atoms. The van der Waals surface area contributed by atoms with Gasteiger partial charge in [0.05, 0.1) is 17.1 Å². The fourth-order valence-corrected chi connectivity index (χ4v) is 3.00. The van der Waals surface area contributed by atoms with Crippen LogP contribution in [0.3, 0.4) is 0 Å². The number of benzene rings is 2. The summed E-state index contributed by atoms with van der Waals surface area (Å²) in [7, 11) is 0. The van der Waals surface area contributed by atoms with Gasteiger partial charge in [-0.15, -0.1) is 11.8 Å². The Hall–Kier alpha value is -3.07. The maximum absolute atomic E-state index is 12.0. The van der Waals surface area contributed by atoms with Crippen molar-refractivity contribution in [3.05, 3.63) is 64.2 Å². The molecule has 0 fully saturated rings. The molecule has 9 heteroatoms. The van der Waals surface area contributed by atoms with E-state index in [9.17, 15) is 19.7 Å². The number of amides is 1. The highest BCUT2D eigenvalue weighted by molar-refractivity contribution is 7.99. The van der Waals surface area contributed by atoms with Crippen LogP contribution in [0.2, 0.25) is 0 Å². The van der Waals surface area contributed by atoms with Crippen LogP contribution in [0.4, 0.5) is 5.69 Å². The first-order valence-electron chi connectivity index (χ1n) is 8.54. The van der Waals surface area contributed by atoms with Crippen LogP contribution in [-0.4, -0.2) is 42.3 Å². The molecule has 0 unspecified atom stereocenters. The van der Waals surface area contributed by atoms with Crippen molar-refractivity contribution >= 4 is 29.3 Å². The molecule has 0 aliphatic carbocycles. The minimum absolute atomic E-state index is 0.0254. The molecule has 2 aromatic carbocycles. The maximum Gasteiger partial charge on any atom is 0.338 e. The highest BCUT2D eigenvalue weighted by Crippen LogP contribution is 2.28. The molecule has 0 atom stereocenters. The number of ether oxygens (including phenoxy) is 2. The first kappa shape index (κ1) is 21.2. The van der Waals surface area contributed by atoms with Gasteiger partial charge in [0.2, 0.25) is 0 Å². The molecule has 0 bridgehead atoms. The molecule has 0 aromatic heterocycles. The van der Waals surface area contributed by atoms with Gasteiger partial charge < -0.3 is 14.8 Å². The van der Waals surface area contributed by atoms with E-state index in [4.69, 9.17) is 9.47 Å². The largest absolute Gasteiger partial charge is 0.487 e. The van der Waals surface area contributed by atoms with Crippen LogP contribution in [0.1, 0.15) is 17.3 Å². The Labute approximate surface area is 166 Å². The van der Waals surface area contributed by atoms with Crippen LogP contribution in [0.15, 0.2) is 53.4 Å². The molecule has 8 nitrogen and oxygen atoms in total. The molecule has 2 aromatic rings. The minimum Gasteiger partial charge on any atom is -0.487 e. The molecule has 1 N–H and O–H groups in total. The van der Waals surface area contributed by atoms with Crippen molar-refractivity contribution in [1.29, 1.82) is 0 Å². The fourth-order valence-electron chi connectivity index (χ4n) is 2.21. The van der Waals surface area contributed by atoms with Gasteiger partial charge in [0.15, 0.2) is 12.4 Å². The zero-order valence-electron chi connectivity index (χ0n) is 15.3. The molecule has 0 radical (unpaired) electrons. The van der Waals surface area contributed by atoms with Crippen molar-refractivity contribution < 1.29 is 24.0 Å². The first-order chi connectivity index (χ1) is 13.5. The van der Waals surface area contributed by atoms with Crippen molar-refractivity contribution in [3.8, 4) is 5.75 Å². The van der Waals surface area contributed by atoms with Gasteiger partial charge in [-0.3, -0.25) is 14.9 Å². The second-order valence-electron chi connectivity index (χ2n) is 5.46. The Bertz CT molecular complexity index is 828. The minimum atomic E-state index is -0.819. The summed E-state index contributed by atoms with van der Waals surface area (Å²) in [5.41, 5.74) is -0.360. The average molecular weight is 404 g/mol. The van der Waals surface area contributed by atoms with E-state index in [0.29, 0.717) is 12.3 Å². The van der Waals surface area contributed by atoms with Crippen LogP contribution in [-0.2, 0) is 9.53 Å². The lowest BCUT2D eigenvalue weighted by molar-refractivity contribution is -0.385. The van der Waals surface area contributed by atoms with Gasteiger partial charge in [0, 0.05) is 23.3 Å². The Morgan fingerprint density at radius 1 is 1.18 bits per heavy atom. The number of thioether (sulfide) groups is 1. The van der Waals surface area contributed by atoms with Crippen LogP contribution in [0, 0.1) is 10.1 Å². The number of nitrogens with zero attached hydrogens (tertiary/aromatic N) is 1. The number of hydrogen-bond donors (Lipinski definition) is 1. The number of esters is 1. The molecular formula is C19H20N2O6S. The Balaban J connectivity index is 1.78. The quantitative estimate of drug-likeness (QED) is 0.213. The van der Waals surface area contributed by atoms with Crippen molar-refractivity contribution in [2.24, 2.45) is 0 Å². The van der Waals surface area contributed by atoms with E-state index in [1.54, 1.807) is 18.7 Å². The topological polar surface area (TPSA) is 108 Å². The zero-order valence-corrected chi connectivity index (χ0v) is 16.1. The standard InChI is InChI=1S/C19H20N2O6S/c1-2-26-17-9-8-14(12-16(17)21(24)25)19(23)27-13-18(22)20-10-11-28-15-6-4-3-5-7-15/h3-9,12H,2,10-11,13H2,1H3,(H,20,22). The number of carbonyl (C=O) groups is 2. The summed E-state index contributed by atoms with van der Waals surface area (Å²) in [6, 6.07) is 13.5. The second-order valence-corrected chi connectivity index (χ2v) is 6.63. The third-order valence-corrected chi connectivity index (χ3v) is 4.48. The van der Waals surface area contributed by atoms with E-state index < -0.39 is 23.4 Å². The maximum atomic E-state index is 12.0. The van der Waals surface area contributed by atoms with Crippen molar-refractivity contribution in [3.63, 3.8) is 0 Å². The fraction of sp³-hybridized carbons (Fsp3) is 0.263. The summed E-state index contributed by atoms with van der Waals surface area (Å²) in [5, 5.41) is 13.7. The molecule has 28 heavy (non-hydrogen) atoms. The number of rotatable bonds is 10.